The number of H-pyrrole nitrogens is 1. The number of fused-ring (bicyclic) bond motifs is 1. The normalized spacial score (nSPS) is 13.6. The molecule has 14 N–H and O–H groups in total. The van der Waals surface area contributed by atoms with Crippen LogP contribution in [0.2, 0.25) is 0 Å². The van der Waals surface area contributed by atoms with Crippen LogP contribution in [0.3, 0.4) is 0 Å². The second-order valence-corrected chi connectivity index (χ2v) is 9.41. The van der Waals surface area contributed by atoms with Gasteiger partial charge in [-0.05, 0) is 24.5 Å². The van der Waals surface area contributed by atoms with Crippen LogP contribution in [0.15, 0.2) is 35.5 Å². The van der Waals surface area contributed by atoms with E-state index in [-0.39, 0.29) is 25.3 Å². The molecule has 0 bridgehead atoms. The number of carbonyl (C=O) groups excluding carboxylic acids is 4. The van der Waals surface area contributed by atoms with Crippen LogP contribution < -0.4 is 38.9 Å². The Kier molecular flexibility index (Phi) is 12.2. The van der Waals surface area contributed by atoms with Gasteiger partial charge in [0.15, 0.2) is 5.96 Å². The number of aromatic amines is 1. The van der Waals surface area contributed by atoms with Crippen LogP contribution in [0.25, 0.3) is 10.9 Å². The van der Waals surface area contributed by atoms with Gasteiger partial charge in [-0.2, -0.15) is 0 Å². The molecule has 1 aromatic heterocycles. The second kappa shape index (κ2) is 15.6. The highest BCUT2D eigenvalue weighted by Gasteiger charge is 2.32. The third-order valence-corrected chi connectivity index (χ3v) is 6.07. The van der Waals surface area contributed by atoms with Crippen LogP contribution in [-0.2, 0) is 35.2 Å². The van der Waals surface area contributed by atoms with Crippen molar-refractivity contribution in [1.29, 1.82) is 0 Å². The van der Waals surface area contributed by atoms with E-state index in [0.29, 0.717) is 12.0 Å². The molecule has 0 radical (unpaired) electrons. The summed E-state index contributed by atoms with van der Waals surface area (Å²) in [5.41, 5.74) is 23.2. The van der Waals surface area contributed by atoms with Crippen molar-refractivity contribution in [3.05, 3.63) is 36.0 Å². The summed E-state index contributed by atoms with van der Waals surface area (Å²) in [7, 11) is 0. The number of guanidine groups is 1. The Morgan fingerprint density at radius 2 is 1.48 bits per heavy atom. The van der Waals surface area contributed by atoms with Gasteiger partial charge in [0.05, 0.1) is 18.9 Å². The van der Waals surface area contributed by atoms with Crippen molar-refractivity contribution in [2.45, 2.75) is 56.3 Å². The molecule has 0 saturated carbocycles. The molecule has 42 heavy (non-hydrogen) atoms. The molecule has 2 aromatic rings. The highest BCUT2D eigenvalue weighted by atomic mass is 16.4. The summed E-state index contributed by atoms with van der Waals surface area (Å²) >= 11 is 0. The van der Waals surface area contributed by atoms with E-state index in [1.165, 1.54) is 0 Å². The molecule has 1 heterocycles. The monoisotopic (exact) mass is 589 g/mol. The smallest absolute Gasteiger partial charge is 0.326 e. The Bertz CT molecular complexity index is 1340. The molecule has 0 saturated heterocycles. The second-order valence-electron chi connectivity index (χ2n) is 9.41. The highest BCUT2D eigenvalue weighted by Crippen LogP contribution is 2.19. The first-order chi connectivity index (χ1) is 19.8. The topological polar surface area (TPSA) is 311 Å². The predicted molar refractivity (Wildman–Crippen MR) is 149 cm³/mol. The third kappa shape index (κ3) is 10.4. The number of carbonyl (C=O) groups is 6. The standard InChI is InChI=1S/C25H35N9O8/c26-14(5-3-7-30-25(28)29)21(38)32-16(8-12-11-31-15-6-2-1-4-13(12)15)22(39)33-17(9-19(27)35)23(40)34-18(24(41)42)10-20(36)37/h1-2,4,6,11,14,16-18,31H,3,5,7-10,26H2,(H2,27,35)(H,32,38)(H,33,39)(H,34,40)(H,36,37)(H,41,42)(H4,28,29,30). The molecule has 0 spiro atoms. The first-order valence-electron chi connectivity index (χ1n) is 12.8. The summed E-state index contributed by atoms with van der Waals surface area (Å²) in [5, 5.41) is 25.8. The number of hydrogen-bond acceptors (Lipinski definition) is 8. The molecule has 17 heteroatoms. The van der Waals surface area contributed by atoms with E-state index >= 15 is 0 Å². The lowest BCUT2D eigenvalue weighted by atomic mass is 10.0. The molecule has 4 unspecified atom stereocenters. The van der Waals surface area contributed by atoms with Gasteiger partial charge in [0, 0.05) is 30.1 Å². The molecule has 228 valence electrons. The molecule has 17 nitrogen and oxygen atoms in total. The number of carboxylic acids is 2. The van der Waals surface area contributed by atoms with Crippen LogP contribution in [-0.4, -0.2) is 87.4 Å². The van der Waals surface area contributed by atoms with E-state index in [1.54, 1.807) is 24.4 Å². The van der Waals surface area contributed by atoms with Crippen molar-refractivity contribution < 1.29 is 39.0 Å². The summed E-state index contributed by atoms with van der Waals surface area (Å²) in [4.78, 5) is 80.1. The van der Waals surface area contributed by atoms with Crippen molar-refractivity contribution in [3.63, 3.8) is 0 Å². The fraction of sp³-hybridized carbons (Fsp3) is 0.400. The first kappa shape index (κ1) is 33.0. The molecular formula is C25H35N9O8. The number of carboxylic acid groups (broad SMARTS) is 2. The van der Waals surface area contributed by atoms with Crippen LogP contribution in [0.1, 0.15) is 31.2 Å². The number of primary amides is 1. The number of para-hydroxylation sites is 1. The van der Waals surface area contributed by atoms with Gasteiger partial charge in [-0.25, -0.2) is 4.79 Å². The lowest BCUT2D eigenvalue weighted by Gasteiger charge is -2.24. The van der Waals surface area contributed by atoms with E-state index in [4.69, 9.17) is 28.0 Å². The molecule has 1 aromatic carbocycles. The average Bonchev–Trinajstić information content (AvgIpc) is 3.31. The lowest BCUT2D eigenvalue weighted by molar-refractivity contribution is -0.147. The number of aromatic nitrogens is 1. The quantitative estimate of drug-likeness (QED) is 0.0503. The maximum atomic E-state index is 13.4. The minimum atomic E-state index is -1.85. The Balaban J connectivity index is 2.28. The van der Waals surface area contributed by atoms with Crippen molar-refractivity contribution in [2.75, 3.05) is 6.54 Å². The average molecular weight is 590 g/mol. The minimum absolute atomic E-state index is 0.0655. The predicted octanol–water partition coefficient (Wildman–Crippen LogP) is -3.02. The van der Waals surface area contributed by atoms with Crippen molar-refractivity contribution in [3.8, 4) is 0 Å². The zero-order valence-electron chi connectivity index (χ0n) is 22.5. The SMILES string of the molecule is NC(=O)CC(NC(=O)C(Cc1c[nH]c2ccccc12)NC(=O)C(N)CCCN=C(N)N)C(=O)NC(CC(=O)O)C(=O)O. The Morgan fingerprint density at radius 3 is 2.10 bits per heavy atom. The van der Waals surface area contributed by atoms with Gasteiger partial charge >= 0.3 is 11.9 Å². The molecule has 0 aliphatic heterocycles. The van der Waals surface area contributed by atoms with Crippen LogP contribution in [0, 0.1) is 0 Å². The van der Waals surface area contributed by atoms with Crippen molar-refractivity contribution in [1.82, 2.24) is 20.9 Å². The van der Waals surface area contributed by atoms with Gasteiger partial charge in [0.1, 0.15) is 18.1 Å². The highest BCUT2D eigenvalue weighted by molar-refractivity contribution is 5.97. The molecule has 0 aliphatic rings. The van der Waals surface area contributed by atoms with E-state index in [2.05, 4.69) is 20.6 Å². The maximum absolute atomic E-state index is 13.4. The number of nitrogens with two attached hydrogens (primary N) is 4. The lowest BCUT2D eigenvalue weighted by Crippen LogP contribution is -2.58. The number of hydrogen-bond donors (Lipinski definition) is 10. The zero-order chi connectivity index (χ0) is 31.4. The van der Waals surface area contributed by atoms with E-state index < -0.39 is 72.6 Å². The summed E-state index contributed by atoms with van der Waals surface area (Å²) in [5.74, 6) is -7.04. The van der Waals surface area contributed by atoms with E-state index in [0.717, 1.165) is 10.9 Å². The fourth-order valence-electron chi connectivity index (χ4n) is 3.99. The van der Waals surface area contributed by atoms with Crippen molar-refractivity contribution >= 4 is 52.4 Å². The van der Waals surface area contributed by atoms with Gasteiger partial charge in [-0.15, -0.1) is 0 Å². The van der Waals surface area contributed by atoms with Crippen LogP contribution in [0.4, 0.5) is 0 Å². The van der Waals surface area contributed by atoms with Gasteiger partial charge in [-0.3, -0.25) is 29.0 Å². The van der Waals surface area contributed by atoms with E-state index in [1.807, 2.05) is 11.4 Å². The molecular weight excluding hydrogens is 554 g/mol. The molecule has 0 aliphatic carbocycles. The van der Waals surface area contributed by atoms with Crippen molar-refractivity contribution in [2.24, 2.45) is 27.9 Å². The number of aliphatic imine (C=N–C) groups is 1. The molecule has 2 rings (SSSR count). The molecule has 4 atom stereocenters. The van der Waals surface area contributed by atoms with Crippen LogP contribution >= 0.6 is 0 Å². The number of aliphatic carboxylic acids is 2. The summed E-state index contributed by atoms with van der Waals surface area (Å²) < 4.78 is 0. The van der Waals surface area contributed by atoms with E-state index in [9.17, 15) is 33.9 Å². The van der Waals surface area contributed by atoms with Gasteiger partial charge in [0.2, 0.25) is 23.6 Å². The Morgan fingerprint density at radius 1 is 0.857 bits per heavy atom. The number of nitrogens with zero attached hydrogens (tertiary/aromatic N) is 1. The van der Waals surface area contributed by atoms with Gasteiger partial charge < -0.3 is 54.1 Å². The third-order valence-electron chi connectivity index (χ3n) is 6.07. The fourth-order valence-corrected chi connectivity index (χ4v) is 3.99. The van der Waals surface area contributed by atoms with Gasteiger partial charge in [0.25, 0.3) is 0 Å². The Hall–Kier alpha value is -5.19. The summed E-state index contributed by atoms with van der Waals surface area (Å²) in [6.07, 6.45) is 0.422. The number of rotatable bonds is 17. The Labute approximate surface area is 239 Å². The summed E-state index contributed by atoms with van der Waals surface area (Å²) in [6.45, 7) is 0.228. The first-order valence-corrected chi connectivity index (χ1v) is 12.8. The molecule has 0 fully saturated rings. The van der Waals surface area contributed by atoms with Crippen LogP contribution in [0.5, 0.6) is 0 Å². The number of benzene rings is 1. The summed E-state index contributed by atoms with van der Waals surface area (Å²) in [6, 6.07) is 1.31. The van der Waals surface area contributed by atoms with Gasteiger partial charge in [-0.1, -0.05) is 18.2 Å². The maximum Gasteiger partial charge on any atom is 0.326 e. The molecule has 4 amide bonds. The largest absolute Gasteiger partial charge is 0.481 e. The zero-order valence-corrected chi connectivity index (χ0v) is 22.5. The number of amides is 4. The minimum Gasteiger partial charge on any atom is -0.481 e. The number of nitrogens with one attached hydrogen (secondary N) is 4.